The molecule has 5 heteroatoms. The van der Waals surface area contributed by atoms with Crippen molar-refractivity contribution in [2.24, 2.45) is 5.92 Å². The fourth-order valence-electron chi connectivity index (χ4n) is 3.85. The summed E-state index contributed by atoms with van der Waals surface area (Å²) >= 11 is 0. The predicted octanol–water partition coefficient (Wildman–Crippen LogP) is 2.28. The Labute approximate surface area is 148 Å². The number of aromatic nitrogens is 1. The van der Waals surface area contributed by atoms with Gasteiger partial charge in [0, 0.05) is 44.0 Å². The number of hydrogen-bond donors (Lipinski definition) is 1. The number of pyridine rings is 1. The molecule has 4 rings (SSSR count). The molecule has 1 aromatic heterocycles. The Bertz CT molecular complexity index is 753. The van der Waals surface area contributed by atoms with Crippen LogP contribution in [0.3, 0.4) is 0 Å². The molecule has 1 aromatic carbocycles. The number of nitrogens with one attached hydrogen (secondary N) is 1. The lowest BCUT2D eigenvalue weighted by molar-refractivity contribution is 0.122. The monoisotopic (exact) mass is 339 g/mol. The number of benzene rings is 1. The fourth-order valence-corrected chi connectivity index (χ4v) is 3.85. The van der Waals surface area contributed by atoms with Crippen LogP contribution in [0.25, 0.3) is 0 Å². The minimum atomic E-state index is -0.0227. The van der Waals surface area contributed by atoms with E-state index in [9.17, 15) is 4.79 Å². The van der Waals surface area contributed by atoms with Crippen molar-refractivity contribution < 1.29 is 4.74 Å². The molecule has 3 heterocycles. The van der Waals surface area contributed by atoms with Crippen LogP contribution in [0.5, 0.6) is 0 Å². The second-order valence-corrected chi connectivity index (χ2v) is 6.98. The van der Waals surface area contributed by atoms with E-state index in [1.807, 2.05) is 0 Å². The largest absolute Gasteiger partial charge is 0.378 e. The van der Waals surface area contributed by atoms with E-state index in [1.54, 1.807) is 6.07 Å². The van der Waals surface area contributed by atoms with Gasteiger partial charge in [-0.1, -0.05) is 30.3 Å². The number of hydrogen-bond acceptors (Lipinski definition) is 4. The second kappa shape index (κ2) is 7.31. The maximum atomic E-state index is 12.1. The minimum Gasteiger partial charge on any atom is -0.378 e. The molecule has 0 aliphatic carbocycles. The summed E-state index contributed by atoms with van der Waals surface area (Å²) in [5.74, 6) is 1.59. The summed E-state index contributed by atoms with van der Waals surface area (Å²) in [7, 11) is 0. The van der Waals surface area contributed by atoms with Crippen molar-refractivity contribution in [2.45, 2.75) is 12.8 Å². The summed E-state index contributed by atoms with van der Waals surface area (Å²) < 4.78 is 5.41. The normalized spacial score (nSPS) is 20.9. The predicted molar refractivity (Wildman–Crippen MR) is 101 cm³/mol. The molecule has 0 saturated carbocycles. The van der Waals surface area contributed by atoms with Gasteiger partial charge in [0.15, 0.2) is 0 Å². The molecule has 0 amide bonds. The zero-order valence-corrected chi connectivity index (χ0v) is 14.5. The van der Waals surface area contributed by atoms with Crippen LogP contribution in [0.15, 0.2) is 47.3 Å². The SMILES string of the molecule is O=c1cc(N2CCOCC2)cc(N2CCC(Cc3ccccc3)C2)[nH]1. The van der Waals surface area contributed by atoms with Gasteiger partial charge in [0.25, 0.3) is 5.56 Å². The summed E-state index contributed by atoms with van der Waals surface area (Å²) in [6.07, 6.45) is 2.27. The first-order valence-corrected chi connectivity index (χ1v) is 9.14. The lowest BCUT2D eigenvalue weighted by atomic mass is 9.99. The molecule has 25 heavy (non-hydrogen) atoms. The van der Waals surface area contributed by atoms with Crippen LogP contribution in [-0.2, 0) is 11.2 Å². The van der Waals surface area contributed by atoms with Crippen molar-refractivity contribution in [3.05, 3.63) is 58.4 Å². The van der Waals surface area contributed by atoms with Gasteiger partial charge in [0.2, 0.25) is 0 Å². The van der Waals surface area contributed by atoms with E-state index in [1.165, 1.54) is 12.0 Å². The van der Waals surface area contributed by atoms with Gasteiger partial charge in [-0.05, 0) is 24.3 Å². The van der Waals surface area contributed by atoms with Gasteiger partial charge in [0.05, 0.1) is 13.2 Å². The molecule has 2 aliphatic heterocycles. The van der Waals surface area contributed by atoms with Gasteiger partial charge in [-0.2, -0.15) is 0 Å². The third-order valence-electron chi connectivity index (χ3n) is 5.18. The fraction of sp³-hybridized carbons (Fsp3) is 0.450. The first kappa shape index (κ1) is 16.2. The lowest BCUT2D eigenvalue weighted by Crippen LogP contribution is -2.37. The molecule has 0 spiro atoms. The Morgan fingerprint density at radius 2 is 1.84 bits per heavy atom. The van der Waals surface area contributed by atoms with Gasteiger partial charge in [0.1, 0.15) is 5.82 Å². The molecular weight excluding hydrogens is 314 g/mol. The third-order valence-corrected chi connectivity index (χ3v) is 5.18. The minimum absolute atomic E-state index is 0.0227. The van der Waals surface area contributed by atoms with Gasteiger partial charge >= 0.3 is 0 Å². The molecule has 132 valence electrons. The first-order valence-electron chi connectivity index (χ1n) is 9.14. The Balaban J connectivity index is 1.46. The lowest BCUT2D eigenvalue weighted by Gasteiger charge is -2.29. The number of ether oxygens (including phenoxy) is 1. The highest BCUT2D eigenvalue weighted by molar-refractivity contribution is 5.55. The maximum Gasteiger partial charge on any atom is 0.251 e. The van der Waals surface area contributed by atoms with E-state index in [2.05, 4.69) is 51.2 Å². The standard InChI is InChI=1S/C20H25N3O2/c24-20-14-18(22-8-10-25-11-9-22)13-19(21-20)23-7-6-17(15-23)12-16-4-2-1-3-5-16/h1-5,13-14,17H,6-12,15H2,(H,21,24). The van der Waals surface area contributed by atoms with E-state index in [0.29, 0.717) is 5.92 Å². The van der Waals surface area contributed by atoms with Crippen molar-refractivity contribution in [3.8, 4) is 0 Å². The zero-order chi connectivity index (χ0) is 17.1. The van der Waals surface area contributed by atoms with E-state index in [4.69, 9.17) is 4.74 Å². The number of aromatic amines is 1. The smallest absolute Gasteiger partial charge is 0.251 e. The number of anilines is 2. The van der Waals surface area contributed by atoms with Crippen molar-refractivity contribution in [1.82, 2.24) is 4.98 Å². The Morgan fingerprint density at radius 1 is 1.04 bits per heavy atom. The molecule has 5 nitrogen and oxygen atoms in total. The summed E-state index contributed by atoms with van der Waals surface area (Å²) in [4.78, 5) is 19.7. The molecular formula is C20H25N3O2. The van der Waals surface area contributed by atoms with Crippen molar-refractivity contribution in [2.75, 3.05) is 49.2 Å². The summed E-state index contributed by atoms with van der Waals surface area (Å²) in [5.41, 5.74) is 2.38. The van der Waals surface area contributed by atoms with E-state index < -0.39 is 0 Å². The molecule has 2 aromatic rings. The highest BCUT2D eigenvalue weighted by Gasteiger charge is 2.24. The average molecular weight is 339 g/mol. The first-order chi connectivity index (χ1) is 12.3. The van der Waals surface area contributed by atoms with Gasteiger partial charge < -0.3 is 19.5 Å². The number of morpholine rings is 1. The van der Waals surface area contributed by atoms with Crippen LogP contribution < -0.4 is 15.4 Å². The van der Waals surface area contributed by atoms with E-state index in [-0.39, 0.29) is 5.56 Å². The average Bonchev–Trinajstić information content (AvgIpc) is 3.11. The summed E-state index contributed by atoms with van der Waals surface area (Å²) in [5, 5.41) is 0. The van der Waals surface area contributed by atoms with Crippen LogP contribution in [0.4, 0.5) is 11.5 Å². The van der Waals surface area contributed by atoms with E-state index in [0.717, 1.165) is 57.3 Å². The maximum absolute atomic E-state index is 12.1. The van der Waals surface area contributed by atoms with Gasteiger partial charge in [-0.25, -0.2) is 0 Å². The van der Waals surface area contributed by atoms with Crippen LogP contribution in [0.1, 0.15) is 12.0 Å². The van der Waals surface area contributed by atoms with Gasteiger partial charge in [-0.15, -0.1) is 0 Å². The summed E-state index contributed by atoms with van der Waals surface area (Å²) in [6, 6.07) is 14.5. The highest BCUT2D eigenvalue weighted by Crippen LogP contribution is 2.26. The molecule has 2 fully saturated rings. The highest BCUT2D eigenvalue weighted by atomic mass is 16.5. The number of nitrogens with zero attached hydrogens (tertiary/aromatic N) is 2. The number of rotatable bonds is 4. The molecule has 1 N–H and O–H groups in total. The van der Waals surface area contributed by atoms with Crippen molar-refractivity contribution >= 4 is 11.5 Å². The molecule has 1 atom stereocenters. The Hall–Kier alpha value is -2.27. The van der Waals surface area contributed by atoms with Gasteiger partial charge in [-0.3, -0.25) is 4.79 Å². The van der Waals surface area contributed by atoms with Crippen molar-refractivity contribution in [3.63, 3.8) is 0 Å². The Morgan fingerprint density at radius 3 is 2.64 bits per heavy atom. The third kappa shape index (κ3) is 3.87. The molecule has 1 unspecified atom stereocenters. The van der Waals surface area contributed by atoms with Crippen LogP contribution >= 0.6 is 0 Å². The molecule has 0 bridgehead atoms. The van der Waals surface area contributed by atoms with Crippen LogP contribution in [-0.4, -0.2) is 44.4 Å². The van der Waals surface area contributed by atoms with Crippen molar-refractivity contribution in [1.29, 1.82) is 0 Å². The van der Waals surface area contributed by atoms with Crippen LogP contribution in [0, 0.1) is 5.92 Å². The number of H-pyrrole nitrogens is 1. The summed E-state index contributed by atoms with van der Waals surface area (Å²) in [6.45, 7) is 5.15. The molecule has 0 radical (unpaired) electrons. The molecule has 2 aliphatic rings. The topological polar surface area (TPSA) is 48.6 Å². The quantitative estimate of drug-likeness (QED) is 0.928. The zero-order valence-electron chi connectivity index (χ0n) is 14.5. The second-order valence-electron chi connectivity index (χ2n) is 6.98. The van der Waals surface area contributed by atoms with Crippen LogP contribution in [0.2, 0.25) is 0 Å². The molecule has 2 saturated heterocycles. The van der Waals surface area contributed by atoms with E-state index >= 15 is 0 Å². The Kier molecular flexibility index (Phi) is 4.74.